The summed E-state index contributed by atoms with van der Waals surface area (Å²) in [5, 5.41) is 3.09. The molecule has 2 amide bonds. The van der Waals surface area contributed by atoms with Crippen LogP contribution in [-0.2, 0) is 11.3 Å². The van der Waals surface area contributed by atoms with E-state index in [2.05, 4.69) is 38.8 Å². The lowest BCUT2D eigenvalue weighted by atomic mass is 10.1. The number of nitrogens with one attached hydrogen (secondary N) is 1. The third-order valence-corrected chi connectivity index (χ3v) is 7.86. The molecule has 2 saturated heterocycles. The molecule has 0 aliphatic carbocycles. The van der Waals surface area contributed by atoms with E-state index in [9.17, 15) is 14.0 Å². The van der Waals surface area contributed by atoms with E-state index in [-0.39, 0.29) is 17.9 Å². The fraction of sp³-hybridized carbons (Fsp3) is 0.484. The van der Waals surface area contributed by atoms with Gasteiger partial charge in [0.25, 0.3) is 5.91 Å². The van der Waals surface area contributed by atoms with Crippen molar-refractivity contribution in [2.45, 2.75) is 72.1 Å². The number of imidazole rings is 1. The molecule has 2 aliphatic heterocycles. The molecule has 0 bridgehead atoms. The third kappa shape index (κ3) is 6.09. The molecule has 212 valence electrons. The van der Waals surface area contributed by atoms with Gasteiger partial charge in [0.15, 0.2) is 0 Å². The first-order chi connectivity index (χ1) is 19.2. The van der Waals surface area contributed by atoms with Crippen molar-refractivity contribution in [3.63, 3.8) is 0 Å². The number of hydrogen-bond acceptors (Lipinski definition) is 5. The maximum Gasteiger partial charge on any atom is 0.258 e. The smallest absolute Gasteiger partial charge is 0.258 e. The van der Waals surface area contributed by atoms with E-state index < -0.39 is 6.17 Å². The number of aromatic nitrogens is 3. The van der Waals surface area contributed by atoms with Crippen LogP contribution in [0.15, 0.2) is 36.4 Å². The molecule has 1 aromatic carbocycles. The van der Waals surface area contributed by atoms with Crippen LogP contribution in [0.5, 0.6) is 0 Å². The van der Waals surface area contributed by atoms with E-state index in [0.717, 1.165) is 59.4 Å². The van der Waals surface area contributed by atoms with Gasteiger partial charge in [-0.1, -0.05) is 12.1 Å². The first-order valence-electron chi connectivity index (χ1n) is 14.3. The van der Waals surface area contributed by atoms with Crippen molar-refractivity contribution < 1.29 is 14.0 Å². The van der Waals surface area contributed by atoms with Gasteiger partial charge >= 0.3 is 0 Å². The molecule has 0 radical (unpaired) electrons. The highest BCUT2D eigenvalue weighted by atomic mass is 19.1. The Bertz CT molecular complexity index is 1430. The Hall–Kier alpha value is -3.59. The number of pyridine rings is 1. The van der Waals surface area contributed by atoms with Crippen molar-refractivity contribution >= 4 is 28.8 Å². The molecule has 2 aromatic heterocycles. The van der Waals surface area contributed by atoms with Gasteiger partial charge in [-0.05, 0) is 88.8 Å². The molecule has 9 heteroatoms. The topological polar surface area (TPSA) is 83.4 Å². The van der Waals surface area contributed by atoms with Crippen LogP contribution in [0.1, 0.15) is 71.5 Å². The van der Waals surface area contributed by atoms with Gasteiger partial charge in [0.1, 0.15) is 6.17 Å². The summed E-state index contributed by atoms with van der Waals surface area (Å²) in [6.07, 6.45) is 5.96. The van der Waals surface area contributed by atoms with Gasteiger partial charge < -0.3 is 9.47 Å². The highest BCUT2D eigenvalue weighted by Crippen LogP contribution is 2.33. The molecule has 0 spiro atoms. The zero-order valence-electron chi connectivity index (χ0n) is 23.9. The molecule has 4 heterocycles. The maximum absolute atomic E-state index is 13.8. The molecule has 40 heavy (non-hydrogen) atoms. The molecule has 2 fully saturated rings. The largest absolute Gasteiger partial charge is 0.337 e. The van der Waals surface area contributed by atoms with Gasteiger partial charge in [0.05, 0.1) is 17.1 Å². The number of benzene rings is 1. The van der Waals surface area contributed by atoms with Crippen molar-refractivity contribution in [3.8, 4) is 0 Å². The number of halogens is 1. The molecule has 5 rings (SSSR count). The maximum atomic E-state index is 13.8. The number of allylic oxidation sites excluding steroid dienone is 1. The van der Waals surface area contributed by atoms with Crippen molar-refractivity contribution in [2.75, 3.05) is 31.5 Å². The molecule has 2 aliphatic rings. The second-order valence-corrected chi connectivity index (χ2v) is 11.2. The number of carbonyl (C=O) groups is 2. The zero-order chi connectivity index (χ0) is 28.4. The predicted molar refractivity (Wildman–Crippen MR) is 155 cm³/mol. The monoisotopic (exact) mass is 546 g/mol. The first kappa shape index (κ1) is 28.0. The molecule has 1 N–H and O–H groups in total. The van der Waals surface area contributed by atoms with Crippen LogP contribution in [0, 0.1) is 20.8 Å². The number of rotatable bonds is 6. The summed E-state index contributed by atoms with van der Waals surface area (Å²) >= 11 is 0. The van der Waals surface area contributed by atoms with Gasteiger partial charge in [0, 0.05) is 49.7 Å². The number of carbonyl (C=O) groups excluding carboxylic acids is 2. The minimum absolute atomic E-state index is 0.00271. The highest BCUT2D eigenvalue weighted by Gasteiger charge is 2.28. The van der Waals surface area contributed by atoms with E-state index in [1.54, 1.807) is 24.3 Å². The summed E-state index contributed by atoms with van der Waals surface area (Å²) in [6, 6.07) is 7.70. The van der Waals surface area contributed by atoms with E-state index in [4.69, 9.17) is 4.98 Å². The van der Waals surface area contributed by atoms with Crippen molar-refractivity contribution in [1.82, 2.24) is 24.3 Å². The predicted octanol–water partition coefficient (Wildman–Crippen LogP) is 5.28. The Morgan fingerprint density at radius 1 is 1.02 bits per heavy atom. The van der Waals surface area contributed by atoms with E-state index in [1.807, 2.05) is 25.7 Å². The van der Waals surface area contributed by atoms with E-state index in [0.29, 0.717) is 44.1 Å². The number of aryl methyl sites for hydroxylation is 3. The lowest BCUT2D eigenvalue weighted by molar-refractivity contribution is -0.126. The molecule has 3 aromatic rings. The lowest BCUT2D eigenvalue weighted by Crippen LogP contribution is -2.34. The SMILES string of the molecule is CC=CC(=O)N1CCCCC(n2c(NC(=O)c3cc(C)nc(C)c3)nc3cc(CN4CCC(F)C4)cc(C)c32)C1. The standard InChI is InChI=1S/C31H39FN6O2/c1-5-8-28(39)37-11-7-6-9-26(19-37)38-29-20(2)13-23(17-36-12-10-25(32)18-36)16-27(29)34-31(38)35-30(40)24-14-21(3)33-22(4)15-24/h5,8,13-16,25-26H,6-7,9-12,17-19H2,1-4H3,(H,34,35,40). The van der Waals surface area contributed by atoms with Gasteiger partial charge in [-0.2, -0.15) is 0 Å². The van der Waals surface area contributed by atoms with E-state index >= 15 is 0 Å². The van der Waals surface area contributed by atoms with Crippen molar-refractivity contribution in [3.05, 3.63) is 64.5 Å². The molecule has 0 saturated carbocycles. The summed E-state index contributed by atoms with van der Waals surface area (Å²) in [7, 11) is 0. The van der Waals surface area contributed by atoms with E-state index in [1.165, 1.54) is 0 Å². The first-order valence-corrected chi connectivity index (χ1v) is 14.3. The number of anilines is 1. The van der Waals surface area contributed by atoms with Gasteiger partial charge in [-0.25, -0.2) is 9.37 Å². The number of alkyl halides is 1. The molecular weight excluding hydrogens is 507 g/mol. The number of nitrogens with zero attached hydrogens (tertiary/aromatic N) is 5. The summed E-state index contributed by atoms with van der Waals surface area (Å²) in [5.74, 6) is 0.232. The summed E-state index contributed by atoms with van der Waals surface area (Å²) in [5.41, 5.74) is 5.95. The highest BCUT2D eigenvalue weighted by molar-refractivity contribution is 6.04. The third-order valence-electron chi connectivity index (χ3n) is 7.86. The number of hydrogen-bond donors (Lipinski definition) is 1. The van der Waals surface area contributed by atoms with Crippen LogP contribution in [0.4, 0.5) is 10.3 Å². The molecule has 2 unspecified atom stereocenters. The number of likely N-dealkylation sites (tertiary alicyclic amines) is 2. The van der Waals surface area contributed by atoms with Gasteiger partial charge in [-0.3, -0.25) is 24.8 Å². The minimum Gasteiger partial charge on any atom is -0.337 e. The van der Waals surface area contributed by atoms with Crippen LogP contribution in [0.25, 0.3) is 11.0 Å². The number of amides is 2. The number of fused-ring (bicyclic) bond motifs is 1. The Balaban J connectivity index is 1.55. The Morgan fingerprint density at radius 2 is 1.80 bits per heavy atom. The van der Waals surface area contributed by atoms with Crippen LogP contribution in [0.2, 0.25) is 0 Å². The summed E-state index contributed by atoms with van der Waals surface area (Å²) in [4.78, 5) is 39.7. The van der Waals surface area contributed by atoms with Gasteiger partial charge in [0.2, 0.25) is 11.9 Å². The second kappa shape index (κ2) is 11.9. The Kier molecular flexibility index (Phi) is 8.30. The Labute approximate surface area is 235 Å². The van der Waals surface area contributed by atoms with Gasteiger partial charge in [-0.15, -0.1) is 0 Å². The molecule has 2 atom stereocenters. The fourth-order valence-corrected chi connectivity index (χ4v) is 6.15. The summed E-state index contributed by atoms with van der Waals surface area (Å²) < 4.78 is 15.9. The van der Waals surface area contributed by atoms with Crippen LogP contribution in [-0.4, -0.2) is 68.5 Å². The van der Waals surface area contributed by atoms with Crippen LogP contribution < -0.4 is 5.32 Å². The molecule has 8 nitrogen and oxygen atoms in total. The Morgan fingerprint density at radius 3 is 2.50 bits per heavy atom. The normalized spacial score (nSPS) is 20.4. The van der Waals surface area contributed by atoms with Crippen LogP contribution in [0.3, 0.4) is 0 Å². The van der Waals surface area contributed by atoms with Crippen molar-refractivity contribution in [2.24, 2.45) is 0 Å². The summed E-state index contributed by atoms with van der Waals surface area (Å²) in [6.45, 7) is 10.8. The fourth-order valence-electron chi connectivity index (χ4n) is 6.15. The minimum atomic E-state index is -0.769. The zero-order valence-corrected chi connectivity index (χ0v) is 23.9. The molecular formula is C31H39FN6O2. The quantitative estimate of drug-likeness (QED) is 0.425. The lowest BCUT2D eigenvalue weighted by Gasteiger charge is -2.26. The van der Waals surface area contributed by atoms with Crippen LogP contribution >= 0.6 is 0 Å². The van der Waals surface area contributed by atoms with Crippen molar-refractivity contribution in [1.29, 1.82) is 0 Å². The second-order valence-electron chi connectivity index (χ2n) is 11.2. The average molecular weight is 547 g/mol. The average Bonchev–Trinajstić information content (AvgIpc) is 3.36.